The van der Waals surface area contributed by atoms with E-state index in [2.05, 4.69) is 20.2 Å². The molecule has 0 N–H and O–H groups in total. The number of aryl methyl sites for hydroxylation is 1. The highest BCUT2D eigenvalue weighted by Crippen LogP contribution is 2.31. The quantitative estimate of drug-likeness (QED) is 0.663. The van der Waals surface area contributed by atoms with Crippen molar-refractivity contribution < 1.29 is 13.2 Å². The fourth-order valence-corrected chi connectivity index (χ4v) is 4.13. The monoisotopic (exact) mass is 393 g/mol. The van der Waals surface area contributed by atoms with Crippen molar-refractivity contribution >= 4 is 9.84 Å². The third-order valence-electron chi connectivity index (χ3n) is 4.41. The lowest BCUT2D eigenvalue weighted by Gasteiger charge is -2.10. The summed E-state index contributed by atoms with van der Waals surface area (Å²) in [7, 11) is -3.47. The van der Waals surface area contributed by atoms with Crippen molar-refractivity contribution in [1.29, 1.82) is 5.26 Å². The van der Waals surface area contributed by atoms with Crippen LogP contribution in [0.25, 0.3) is 11.4 Å². The molecule has 28 heavy (non-hydrogen) atoms. The summed E-state index contributed by atoms with van der Waals surface area (Å²) in [5.74, 6) is 0.308. The van der Waals surface area contributed by atoms with Crippen molar-refractivity contribution in [2.45, 2.75) is 24.3 Å². The standard InChI is InChI=1S/C19H15N5O3S/c1-28(25,26)18-14-7-4-6-12(14)9-15(22-18)16-11-21-24-19(23-16)27-17-8-3-2-5-13(17)10-20/h2-3,5,8-9,11H,4,6-7H2,1H3. The highest BCUT2D eigenvalue weighted by molar-refractivity contribution is 7.90. The van der Waals surface area contributed by atoms with Gasteiger partial charge in [-0.1, -0.05) is 17.2 Å². The molecule has 0 spiro atoms. The van der Waals surface area contributed by atoms with Crippen molar-refractivity contribution in [2.24, 2.45) is 0 Å². The van der Waals surface area contributed by atoms with Gasteiger partial charge < -0.3 is 4.74 Å². The molecule has 0 saturated carbocycles. The minimum atomic E-state index is -3.47. The Morgan fingerprint density at radius 3 is 2.75 bits per heavy atom. The first kappa shape index (κ1) is 18.0. The number of hydrogen-bond donors (Lipinski definition) is 0. The maximum Gasteiger partial charge on any atom is 0.341 e. The van der Waals surface area contributed by atoms with E-state index in [1.165, 1.54) is 6.20 Å². The van der Waals surface area contributed by atoms with Gasteiger partial charge in [-0.05, 0) is 48.6 Å². The Bertz CT molecular complexity index is 1220. The van der Waals surface area contributed by atoms with Gasteiger partial charge in [-0.2, -0.15) is 15.3 Å². The smallest absolute Gasteiger partial charge is 0.341 e. The molecule has 2 aromatic heterocycles. The van der Waals surface area contributed by atoms with Gasteiger partial charge in [0.2, 0.25) is 0 Å². The Morgan fingerprint density at radius 2 is 1.96 bits per heavy atom. The van der Waals surface area contributed by atoms with Crippen molar-refractivity contribution in [2.75, 3.05) is 6.26 Å². The summed E-state index contributed by atoms with van der Waals surface area (Å²) in [5, 5.41) is 17.0. The number of ether oxygens (including phenoxy) is 1. The van der Waals surface area contributed by atoms with E-state index < -0.39 is 9.84 Å². The number of aromatic nitrogens is 4. The molecule has 0 unspecified atom stereocenters. The van der Waals surface area contributed by atoms with Crippen molar-refractivity contribution in [3.63, 3.8) is 0 Å². The topological polar surface area (TPSA) is 119 Å². The van der Waals surface area contributed by atoms with Crippen LogP contribution in [0, 0.1) is 11.3 Å². The third-order valence-corrected chi connectivity index (χ3v) is 5.45. The second-order valence-electron chi connectivity index (χ2n) is 6.41. The zero-order chi connectivity index (χ0) is 19.7. The second-order valence-corrected chi connectivity index (χ2v) is 8.34. The molecule has 0 fully saturated rings. The van der Waals surface area contributed by atoms with Crippen molar-refractivity contribution in [3.8, 4) is 29.2 Å². The van der Waals surface area contributed by atoms with E-state index in [-0.39, 0.29) is 11.0 Å². The van der Waals surface area contributed by atoms with E-state index in [1.54, 1.807) is 24.3 Å². The molecule has 1 aliphatic carbocycles. The van der Waals surface area contributed by atoms with Crippen LogP contribution < -0.4 is 4.74 Å². The Balaban J connectivity index is 1.76. The van der Waals surface area contributed by atoms with Gasteiger partial charge in [-0.15, -0.1) is 0 Å². The minimum absolute atomic E-state index is 0.0524. The minimum Gasteiger partial charge on any atom is -0.422 e. The summed E-state index contributed by atoms with van der Waals surface area (Å²) in [6.45, 7) is 0. The summed E-state index contributed by atoms with van der Waals surface area (Å²) in [6.07, 6.45) is 4.95. The summed E-state index contributed by atoms with van der Waals surface area (Å²) >= 11 is 0. The molecule has 0 saturated heterocycles. The lowest BCUT2D eigenvalue weighted by molar-refractivity contribution is 0.432. The second kappa shape index (κ2) is 6.98. The van der Waals surface area contributed by atoms with E-state index in [9.17, 15) is 13.7 Å². The fraction of sp³-hybridized carbons (Fsp3) is 0.211. The molecule has 0 radical (unpaired) electrons. The fourth-order valence-electron chi connectivity index (χ4n) is 3.18. The number of hydrogen-bond acceptors (Lipinski definition) is 8. The molecule has 1 aliphatic rings. The first-order valence-corrected chi connectivity index (χ1v) is 10.4. The van der Waals surface area contributed by atoms with Gasteiger partial charge in [0, 0.05) is 6.26 Å². The molecule has 2 heterocycles. The van der Waals surface area contributed by atoms with Gasteiger partial charge >= 0.3 is 6.01 Å². The maximum atomic E-state index is 12.2. The molecule has 0 aliphatic heterocycles. The summed E-state index contributed by atoms with van der Waals surface area (Å²) in [5.41, 5.74) is 2.83. The van der Waals surface area contributed by atoms with Crippen LogP contribution in [0.2, 0.25) is 0 Å². The van der Waals surface area contributed by atoms with Crippen molar-refractivity contribution in [1.82, 2.24) is 20.2 Å². The van der Waals surface area contributed by atoms with Gasteiger partial charge in [0.25, 0.3) is 0 Å². The number of rotatable bonds is 4. The number of sulfone groups is 1. The Kier molecular flexibility index (Phi) is 4.49. The molecule has 8 nitrogen and oxygen atoms in total. The zero-order valence-electron chi connectivity index (χ0n) is 15.0. The third kappa shape index (κ3) is 3.42. The van der Waals surface area contributed by atoms with Gasteiger partial charge in [-0.3, -0.25) is 0 Å². The van der Waals surface area contributed by atoms with E-state index in [4.69, 9.17) is 4.74 Å². The molecular formula is C19H15N5O3S. The predicted molar refractivity (Wildman–Crippen MR) is 99.4 cm³/mol. The number of benzene rings is 1. The van der Waals surface area contributed by atoms with Crippen LogP contribution in [0.4, 0.5) is 0 Å². The summed E-state index contributed by atoms with van der Waals surface area (Å²) in [4.78, 5) is 8.64. The van der Waals surface area contributed by atoms with Crippen molar-refractivity contribution in [3.05, 3.63) is 53.2 Å². The molecule has 0 bridgehead atoms. The predicted octanol–water partition coefficient (Wildman–Crippen LogP) is 2.49. The van der Waals surface area contributed by atoms with E-state index in [0.29, 0.717) is 29.1 Å². The Hall–Kier alpha value is -3.38. The van der Waals surface area contributed by atoms with Crippen LogP contribution in [0.3, 0.4) is 0 Å². The van der Waals surface area contributed by atoms with E-state index in [0.717, 1.165) is 30.2 Å². The highest BCUT2D eigenvalue weighted by Gasteiger charge is 2.24. The molecule has 9 heteroatoms. The van der Waals surface area contributed by atoms with Gasteiger partial charge in [0.05, 0.1) is 17.5 Å². The van der Waals surface area contributed by atoms with E-state index in [1.807, 2.05) is 12.1 Å². The number of nitriles is 1. The molecule has 1 aromatic carbocycles. The maximum absolute atomic E-state index is 12.2. The van der Waals surface area contributed by atoms with Crippen LogP contribution in [0.1, 0.15) is 23.1 Å². The molecular weight excluding hydrogens is 378 g/mol. The molecule has 0 amide bonds. The summed E-state index contributed by atoms with van der Waals surface area (Å²) < 4.78 is 30.0. The van der Waals surface area contributed by atoms with Crippen LogP contribution in [0.15, 0.2) is 41.6 Å². The van der Waals surface area contributed by atoms with Gasteiger partial charge in [-0.25, -0.2) is 13.4 Å². The zero-order valence-corrected chi connectivity index (χ0v) is 15.8. The van der Waals surface area contributed by atoms with Crippen LogP contribution in [-0.4, -0.2) is 34.8 Å². The highest BCUT2D eigenvalue weighted by atomic mass is 32.2. The first-order valence-electron chi connectivity index (χ1n) is 8.55. The lowest BCUT2D eigenvalue weighted by Crippen LogP contribution is -2.07. The van der Waals surface area contributed by atoms with Gasteiger partial charge in [0.15, 0.2) is 14.9 Å². The average Bonchev–Trinajstić information content (AvgIpc) is 3.15. The Labute approximate surface area is 161 Å². The van der Waals surface area contributed by atoms with E-state index >= 15 is 0 Å². The first-order chi connectivity index (χ1) is 13.5. The normalized spacial score (nSPS) is 13.0. The largest absolute Gasteiger partial charge is 0.422 e. The average molecular weight is 393 g/mol. The molecule has 0 atom stereocenters. The van der Waals surface area contributed by atoms with Gasteiger partial charge in [0.1, 0.15) is 17.5 Å². The molecule has 4 rings (SSSR count). The number of fused-ring (bicyclic) bond motifs is 1. The number of para-hydroxylation sites is 1. The molecule has 3 aromatic rings. The van der Waals surface area contributed by atoms with Crippen LogP contribution in [-0.2, 0) is 22.7 Å². The number of pyridine rings is 1. The van der Waals surface area contributed by atoms with Crippen LogP contribution in [0.5, 0.6) is 11.8 Å². The SMILES string of the molecule is CS(=O)(=O)c1nc(-c2cnnc(Oc3ccccc3C#N)n2)cc2c1CCC2. The lowest BCUT2D eigenvalue weighted by atomic mass is 10.1. The number of nitrogens with zero attached hydrogens (tertiary/aromatic N) is 5. The summed E-state index contributed by atoms with van der Waals surface area (Å²) in [6, 6.07) is 10.5. The van der Waals surface area contributed by atoms with Crippen LogP contribution >= 0.6 is 0 Å². The molecule has 140 valence electrons. The Morgan fingerprint density at radius 1 is 1.14 bits per heavy atom.